The van der Waals surface area contributed by atoms with Crippen LogP contribution in [0.3, 0.4) is 0 Å². The second-order valence-electron chi connectivity index (χ2n) is 5.36. The van der Waals surface area contributed by atoms with E-state index >= 15 is 0 Å². The number of anilines is 1. The molecule has 2 aromatic carbocycles. The highest BCUT2D eigenvalue weighted by atomic mass is 32.2. The van der Waals surface area contributed by atoms with Crippen molar-refractivity contribution in [2.75, 3.05) is 31.3 Å². The third kappa shape index (κ3) is 5.60. The molecule has 3 nitrogen and oxygen atoms in total. The van der Waals surface area contributed by atoms with Gasteiger partial charge in [0.25, 0.3) is 5.91 Å². The molecule has 0 aliphatic rings. The molecule has 0 fully saturated rings. The van der Waals surface area contributed by atoms with Gasteiger partial charge in [0.2, 0.25) is 0 Å². The van der Waals surface area contributed by atoms with Crippen LogP contribution >= 0.6 is 11.8 Å². The molecular weight excluding hydrogens is 311 g/mol. The van der Waals surface area contributed by atoms with Gasteiger partial charge in [0.15, 0.2) is 0 Å². The normalized spacial score (nSPS) is 10.4. The van der Waals surface area contributed by atoms with Gasteiger partial charge in [-0.15, -0.1) is 11.8 Å². The van der Waals surface area contributed by atoms with E-state index in [-0.39, 0.29) is 11.7 Å². The van der Waals surface area contributed by atoms with E-state index in [1.807, 2.05) is 43.3 Å². The number of halogens is 1. The summed E-state index contributed by atoms with van der Waals surface area (Å²) in [4.78, 5) is 15.1. The average molecular weight is 332 g/mol. The van der Waals surface area contributed by atoms with Crippen molar-refractivity contribution in [2.45, 2.75) is 11.3 Å². The molecule has 0 aliphatic heterocycles. The van der Waals surface area contributed by atoms with E-state index in [2.05, 4.69) is 5.32 Å². The highest BCUT2D eigenvalue weighted by Gasteiger charge is 2.06. The topological polar surface area (TPSA) is 32.3 Å². The van der Waals surface area contributed by atoms with Crippen molar-refractivity contribution in [3.05, 3.63) is 59.9 Å². The predicted molar refractivity (Wildman–Crippen MR) is 94.8 cm³/mol. The van der Waals surface area contributed by atoms with Crippen LogP contribution in [0.1, 0.15) is 16.8 Å². The van der Waals surface area contributed by atoms with Crippen LogP contribution in [0.5, 0.6) is 0 Å². The number of hydrogen-bond acceptors (Lipinski definition) is 3. The van der Waals surface area contributed by atoms with Crippen LogP contribution in [-0.4, -0.2) is 32.3 Å². The van der Waals surface area contributed by atoms with Gasteiger partial charge in [-0.1, -0.05) is 6.07 Å². The number of thioether (sulfide) groups is 1. The number of amides is 1. The summed E-state index contributed by atoms with van der Waals surface area (Å²) in [5.74, 6) is 0.603. The monoisotopic (exact) mass is 332 g/mol. The van der Waals surface area contributed by atoms with Crippen molar-refractivity contribution >= 4 is 23.4 Å². The SMILES string of the molecule is CN(C)c1cccc(C(=O)NCCCSc2ccc(F)cc2)c1. The van der Waals surface area contributed by atoms with E-state index in [1.165, 1.54) is 12.1 Å². The highest BCUT2D eigenvalue weighted by molar-refractivity contribution is 7.99. The van der Waals surface area contributed by atoms with E-state index in [4.69, 9.17) is 0 Å². The van der Waals surface area contributed by atoms with Crippen LogP contribution in [0.25, 0.3) is 0 Å². The van der Waals surface area contributed by atoms with Crippen molar-refractivity contribution in [3.8, 4) is 0 Å². The Morgan fingerprint density at radius 3 is 2.61 bits per heavy atom. The molecule has 0 aliphatic carbocycles. The minimum absolute atomic E-state index is 0.0551. The molecule has 2 aromatic rings. The number of nitrogens with zero attached hydrogens (tertiary/aromatic N) is 1. The number of benzene rings is 2. The molecule has 0 saturated heterocycles. The molecule has 0 heterocycles. The number of hydrogen-bond donors (Lipinski definition) is 1. The second-order valence-corrected chi connectivity index (χ2v) is 6.52. The van der Waals surface area contributed by atoms with E-state index < -0.39 is 0 Å². The van der Waals surface area contributed by atoms with Crippen LogP contribution in [0.4, 0.5) is 10.1 Å². The fourth-order valence-electron chi connectivity index (χ4n) is 2.02. The van der Waals surface area contributed by atoms with Gasteiger partial charge in [-0.2, -0.15) is 0 Å². The number of carbonyl (C=O) groups is 1. The molecule has 0 bridgehead atoms. The van der Waals surface area contributed by atoms with Gasteiger partial charge in [-0.25, -0.2) is 4.39 Å². The number of rotatable bonds is 7. The standard InChI is InChI=1S/C18H21FN2OS/c1-21(2)16-6-3-5-14(13-16)18(22)20-11-4-12-23-17-9-7-15(19)8-10-17/h3,5-10,13H,4,11-12H2,1-2H3,(H,20,22). The van der Waals surface area contributed by atoms with Crippen molar-refractivity contribution < 1.29 is 9.18 Å². The van der Waals surface area contributed by atoms with E-state index in [0.29, 0.717) is 12.1 Å². The zero-order chi connectivity index (χ0) is 16.7. The lowest BCUT2D eigenvalue weighted by Crippen LogP contribution is -2.25. The summed E-state index contributed by atoms with van der Waals surface area (Å²) in [5.41, 5.74) is 1.67. The van der Waals surface area contributed by atoms with Gasteiger partial charge in [0, 0.05) is 36.8 Å². The summed E-state index contributed by atoms with van der Waals surface area (Å²) >= 11 is 1.66. The Morgan fingerprint density at radius 1 is 1.17 bits per heavy atom. The van der Waals surface area contributed by atoms with Gasteiger partial charge in [0.1, 0.15) is 5.82 Å². The Labute approximate surface area is 140 Å². The van der Waals surface area contributed by atoms with Crippen molar-refractivity contribution in [1.82, 2.24) is 5.32 Å². The van der Waals surface area contributed by atoms with E-state index in [1.54, 1.807) is 23.9 Å². The lowest BCUT2D eigenvalue weighted by Gasteiger charge is -2.13. The molecular formula is C18H21FN2OS. The molecule has 2 rings (SSSR count). The Balaban J connectivity index is 1.72. The number of carbonyl (C=O) groups excluding carboxylic acids is 1. The Bertz CT molecular complexity index is 644. The first kappa shape index (κ1) is 17.3. The maximum atomic E-state index is 12.8. The van der Waals surface area contributed by atoms with Crippen molar-refractivity contribution in [2.24, 2.45) is 0 Å². The lowest BCUT2D eigenvalue weighted by atomic mass is 10.2. The summed E-state index contributed by atoms with van der Waals surface area (Å²) < 4.78 is 12.8. The zero-order valence-corrected chi connectivity index (χ0v) is 14.2. The molecule has 122 valence electrons. The minimum atomic E-state index is -0.221. The summed E-state index contributed by atoms with van der Waals surface area (Å²) in [6, 6.07) is 14.0. The fraction of sp³-hybridized carbons (Fsp3) is 0.278. The Kier molecular flexibility index (Phi) is 6.47. The summed E-state index contributed by atoms with van der Waals surface area (Å²) in [7, 11) is 3.90. The molecule has 0 saturated carbocycles. The molecule has 1 amide bonds. The highest BCUT2D eigenvalue weighted by Crippen LogP contribution is 2.18. The third-order valence-corrected chi connectivity index (χ3v) is 4.41. The quantitative estimate of drug-likeness (QED) is 0.618. The lowest BCUT2D eigenvalue weighted by molar-refractivity contribution is 0.0954. The Morgan fingerprint density at radius 2 is 1.91 bits per heavy atom. The Hall–Kier alpha value is -2.01. The first-order valence-corrected chi connectivity index (χ1v) is 8.49. The van der Waals surface area contributed by atoms with Gasteiger partial charge in [-0.3, -0.25) is 4.79 Å². The van der Waals surface area contributed by atoms with Gasteiger partial charge in [-0.05, 0) is 54.6 Å². The molecule has 5 heteroatoms. The molecule has 1 N–H and O–H groups in total. The number of nitrogens with one attached hydrogen (secondary N) is 1. The van der Waals surface area contributed by atoms with E-state index in [9.17, 15) is 9.18 Å². The largest absolute Gasteiger partial charge is 0.378 e. The molecule has 23 heavy (non-hydrogen) atoms. The maximum absolute atomic E-state index is 12.8. The second kappa shape index (κ2) is 8.58. The first-order chi connectivity index (χ1) is 11.1. The van der Waals surface area contributed by atoms with Crippen LogP contribution < -0.4 is 10.2 Å². The summed E-state index contributed by atoms with van der Waals surface area (Å²) in [6.45, 7) is 0.624. The van der Waals surface area contributed by atoms with Gasteiger partial charge < -0.3 is 10.2 Å². The van der Waals surface area contributed by atoms with Crippen LogP contribution in [0.2, 0.25) is 0 Å². The smallest absolute Gasteiger partial charge is 0.251 e. The van der Waals surface area contributed by atoms with Crippen LogP contribution in [0, 0.1) is 5.82 Å². The molecule has 0 unspecified atom stereocenters. The van der Waals surface area contributed by atoms with Crippen molar-refractivity contribution in [3.63, 3.8) is 0 Å². The zero-order valence-electron chi connectivity index (χ0n) is 13.4. The van der Waals surface area contributed by atoms with Gasteiger partial charge in [0.05, 0.1) is 0 Å². The molecule has 0 radical (unpaired) electrons. The molecule has 0 atom stereocenters. The minimum Gasteiger partial charge on any atom is -0.378 e. The summed E-state index contributed by atoms with van der Waals surface area (Å²) in [5, 5.41) is 2.93. The van der Waals surface area contributed by atoms with Crippen LogP contribution in [0.15, 0.2) is 53.4 Å². The maximum Gasteiger partial charge on any atom is 0.251 e. The predicted octanol–water partition coefficient (Wildman–Crippen LogP) is 3.80. The first-order valence-electron chi connectivity index (χ1n) is 7.50. The third-order valence-electron chi connectivity index (χ3n) is 3.31. The summed E-state index contributed by atoms with van der Waals surface area (Å²) in [6.07, 6.45) is 0.862. The average Bonchev–Trinajstić information content (AvgIpc) is 2.56. The van der Waals surface area contributed by atoms with E-state index in [0.717, 1.165) is 22.8 Å². The van der Waals surface area contributed by atoms with Crippen molar-refractivity contribution in [1.29, 1.82) is 0 Å². The van der Waals surface area contributed by atoms with Gasteiger partial charge >= 0.3 is 0 Å². The molecule has 0 spiro atoms. The molecule has 0 aromatic heterocycles. The fourth-order valence-corrected chi connectivity index (χ4v) is 2.88. The van der Waals surface area contributed by atoms with Crippen LogP contribution in [-0.2, 0) is 0 Å².